The van der Waals surface area contributed by atoms with Crippen molar-refractivity contribution in [3.05, 3.63) is 59.7 Å². The Kier molecular flexibility index (Phi) is 7.11. The van der Waals surface area contributed by atoms with Crippen molar-refractivity contribution in [1.29, 1.82) is 0 Å². The number of nitrogens with zero attached hydrogens (tertiary/aromatic N) is 2. The molecule has 0 aliphatic carbocycles. The van der Waals surface area contributed by atoms with Gasteiger partial charge in [-0.2, -0.15) is 0 Å². The van der Waals surface area contributed by atoms with Gasteiger partial charge < -0.3 is 19.3 Å². The van der Waals surface area contributed by atoms with Gasteiger partial charge in [-0.1, -0.05) is 29.8 Å². The van der Waals surface area contributed by atoms with Crippen molar-refractivity contribution in [3.63, 3.8) is 0 Å². The van der Waals surface area contributed by atoms with Gasteiger partial charge in [0.1, 0.15) is 11.5 Å². The van der Waals surface area contributed by atoms with E-state index in [2.05, 4.69) is 0 Å². The summed E-state index contributed by atoms with van der Waals surface area (Å²) in [6, 6.07) is 15.2. The van der Waals surface area contributed by atoms with Crippen molar-refractivity contribution in [3.8, 4) is 11.5 Å². The van der Waals surface area contributed by atoms with E-state index in [1.807, 2.05) is 60.4 Å². The van der Waals surface area contributed by atoms with E-state index in [1.54, 1.807) is 12.0 Å². The number of carbonyl (C=O) groups excluding carboxylic acids is 2. The van der Waals surface area contributed by atoms with Crippen LogP contribution in [0, 0.1) is 6.92 Å². The van der Waals surface area contributed by atoms with Gasteiger partial charge in [0.25, 0.3) is 5.91 Å². The molecular formula is C23H28N2O4. The molecule has 0 radical (unpaired) electrons. The van der Waals surface area contributed by atoms with Crippen LogP contribution >= 0.6 is 0 Å². The largest absolute Gasteiger partial charge is 0.497 e. The van der Waals surface area contributed by atoms with Gasteiger partial charge in [0.15, 0.2) is 6.61 Å². The van der Waals surface area contributed by atoms with E-state index in [0.29, 0.717) is 38.3 Å². The molecule has 2 aromatic rings. The van der Waals surface area contributed by atoms with Crippen molar-refractivity contribution >= 4 is 11.8 Å². The van der Waals surface area contributed by atoms with Gasteiger partial charge in [-0.3, -0.25) is 9.59 Å². The van der Waals surface area contributed by atoms with Crippen molar-refractivity contribution in [2.45, 2.75) is 19.8 Å². The molecule has 0 atom stereocenters. The maximum atomic E-state index is 12.7. The van der Waals surface area contributed by atoms with E-state index in [1.165, 1.54) is 0 Å². The van der Waals surface area contributed by atoms with Crippen LogP contribution in [0.25, 0.3) is 0 Å². The second kappa shape index (κ2) is 9.96. The Labute approximate surface area is 172 Å². The lowest BCUT2D eigenvalue weighted by molar-refractivity contribution is -0.134. The number of carbonyl (C=O) groups is 2. The number of ether oxygens (including phenoxy) is 2. The number of amides is 2. The minimum absolute atomic E-state index is 0.0167. The molecule has 0 bridgehead atoms. The molecule has 3 rings (SSSR count). The van der Waals surface area contributed by atoms with Crippen LogP contribution in [0.1, 0.15) is 17.5 Å². The second-order valence-electron chi connectivity index (χ2n) is 7.24. The van der Waals surface area contributed by atoms with E-state index < -0.39 is 0 Å². The van der Waals surface area contributed by atoms with Crippen LogP contribution in [0.15, 0.2) is 48.5 Å². The van der Waals surface area contributed by atoms with Gasteiger partial charge in [0.05, 0.1) is 13.5 Å². The van der Waals surface area contributed by atoms with Gasteiger partial charge >= 0.3 is 0 Å². The van der Waals surface area contributed by atoms with Gasteiger partial charge in [0.2, 0.25) is 5.91 Å². The van der Waals surface area contributed by atoms with Crippen LogP contribution in [-0.2, 0) is 16.0 Å². The van der Waals surface area contributed by atoms with Gasteiger partial charge in [-0.25, -0.2) is 0 Å². The quantitative estimate of drug-likeness (QED) is 0.753. The predicted octanol–water partition coefficient (Wildman–Crippen LogP) is 2.69. The average molecular weight is 396 g/mol. The molecule has 0 unspecified atom stereocenters. The zero-order chi connectivity index (χ0) is 20.6. The fraction of sp³-hybridized carbons (Fsp3) is 0.391. The zero-order valence-electron chi connectivity index (χ0n) is 17.1. The first-order chi connectivity index (χ1) is 14.0. The monoisotopic (exact) mass is 396 g/mol. The number of benzene rings is 2. The highest BCUT2D eigenvalue weighted by molar-refractivity contribution is 5.80. The summed E-state index contributed by atoms with van der Waals surface area (Å²) in [6.45, 7) is 4.41. The van der Waals surface area contributed by atoms with Crippen molar-refractivity contribution in [1.82, 2.24) is 9.80 Å². The second-order valence-corrected chi connectivity index (χ2v) is 7.24. The maximum absolute atomic E-state index is 12.7. The summed E-state index contributed by atoms with van der Waals surface area (Å²) in [4.78, 5) is 28.8. The molecule has 0 N–H and O–H groups in total. The summed E-state index contributed by atoms with van der Waals surface area (Å²) in [6.07, 6.45) is 1.12. The molecule has 0 spiro atoms. The first-order valence-electron chi connectivity index (χ1n) is 9.93. The zero-order valence-corrected chi connectivity index (χ0v) is 17.1. The Balaban J connectivity index is 1.47. The molecule has 2 aromatic carbocycles. The summed E-state index contributed by atoms with van der Waals surface area (Å²) < 4.78 is 10.8. The van der Waals surface area contributed by atoms with Gasteiger partial charge in [-0.15, -0.1) is 0 Å². The predicted molar refractivity (Wildman–Crippen MR) is 111 cm³/mol. The Bertz CT molecular complexity index is 818. The van der Waals surface area contributed by atoms with Crippen LogP contribution < -0.4 is 9.47 Å². The molecule has 29 heavy (non-hydrogen) atoms. The van der Waals surface area contributed by atoms with Crippen LogP contribution in [-0.4, -0.2) is 61.5 Å². The molecule has 6 heteroatoms. The Hall–Kier alpha value is -3.02. The van der Waals surface area contributed by atoms with E-state index in [9.17, 15) is 9.59 Å². The lowest BCUT2D eigenvalue weighted by Crippen LogP contribution is -2.39. The smallest absolute Gasteiger partial charge is 0.260 e. The van der Waals surface area contributed by atoms with E-state index in [-0.39, 0.29) is 18.4 Å². The standard InChI is InChI=1S/C23H28N2O4/c1-18-4-8-21(9-5-18)29-17-23(27)25-13-3-12-24(14-15-25)22(26)16-19-6-10-20(28-2)11-7-19/h4-11H,3,12-17H2,1-2H3. The van der Waals surface area contributed by atoms with E-state index in [0.717, 1.165) is 23.3 Å². The molecule has 0 saturated carbocycles. The third kappa shape index (κ3) is 5.98. The highest BCUT2D eigenvalue weighted by Crippen LogP contribution is 2.14. The fourth-order valence-electron chi connectivity index (χ4n) is 3.32. The Morgan fingerprint density at radius 3 is 2.03 bits per heavy atom. The van der Waals surface area contributed by atoms with Crippen molar-refractivity contribution < 1.29 is 19.1 Å². The number of hydrogen-bond donors (Lipinski definition) is 0. The molecule has 1 heterocycles. The van der Waals surface area contributed by atoms with Gasteiger partial charge in [-0.05, 0) is 43.2 Å². The van der Waals surface area contributed by atoms with Gasteiger partial charge in [0, 0.05) is 26.2 Å². The minimum Gasteiger partial charge on any atom is -0.497 e. The number of rotatable bonds is 6. The molecular weight excluding hydrogens is 368 g/mol. The van der Waals surface area contributed by atoms with Crippen molar-refractivity contribution in [2.24, 2.45) is 0 Å². The topological polar surface area (TPSA) is 59.1 Å². The molecule has 1 fully saturated rings. The fourth-order valence-corrected chi connectivity index (χ4v) is 3.32. The third-order valence-electron chi connectivity index (χ3n) is 5.10. The van der Waals surface area contributed by atoms with Crippen LogP contribution in [0.4, 0.5) is 0 Å². The highest BCUT2D eigenvalue weighted by Gasteiger charge is 2.22. The normalized spacial score (nSPS) is 14.3. The Morgan fingerprint density at radius 2 is 1.41 bits per heavy atom. The van der Waals surface area contributed by atoms with E-state index >= 15 is 0 Å². The number of methoxy groups -OCH3 is 1. The van der Waals surface area contributed by atoms with Crippen LogP contribution in [0.5, 0.6) is 11.5 Å². The lowest BCUT2D eigenvalue weighted by atomic mass is 10.1. The maximum Gasteiger partial charge on any atom is 0.260 e. The highest BCUT2D eigenvalue weighted by atomic mass is 16.5. The summed E-state index contributed by atoms with van der Waals surface area (Å²) in [7, 11) is 1.62. The Morgan fingerprint density at radius 1 is 0.828 bits per heavy atom. The molecule has 2 amide bonds. The van der Waals surface area contributed by atoms with Crippen LogP contribution in [0.2, 0.25) is 0 Å². The first-order valence-corrected chi connectivity index (χ1v) is 9.93. The number of aryl methyl sites for hydroxylation is 1. The van der Waals surface area contributed by atoms with Crippen molar-refractivity contribution in [2.75, 3.05) is 39.9 Å². The summed E-state index contributed by atoms with van der Waals surface area (Å²) in [5, 5.41) is 0. The number of hydrogen-bond acceptors (Lipinski definition) is 4. The lowest BCUT2D eigenvalue weighted by Gasteiger charge is -2.22. The first kappa shape index (κ1) is 20.7. The molecule has 1 aliphatic heterocycles. The molecule has 154 valence electrons. The molecule has 1 saturated heterocycles. The molecule has 6 nitrogen and oxygen atoms in total. The van der Waals surface area contributed by atoms with Crippen LogP contribution in [0.3, 0.4) is 0 Å². The molecule has 1 aliphatic rings. The summed E-state index contributed by atoms with van der Waals surface area (Å²) in [5.41, 5.74) is 2.11. The SMILES string of the molecule is COc1ccc(CC(=O)N2CCCN(C(=O)COc3ccc(C)cc3)CC2)cc1. The summed E-state index contributed by atoms with van der Waals surface area (Å²) in [5.74, 6) is 1.50. The average Bonchev–Trinajstić information content (AvgIpc) is 3.00. The minimum atomic E-state index is -0.0463. The molecule has 0 aromatic heterocycles. The summed E-state index contributed by atoms with van der Waals surface area (Å²) >= 11 is 0. The van der Waals surface area contributed by atoms with E-state index in [4.69, 9.17) is 9.47 Å². The third-order valence-corrected chi connectivity index (χ3v) is 5.10.